The fraction of sp³-hybridized carbons (Fsp3) is 0.562. The van der Waals surface area contributed by atoms with E-state index >= 15 is 0 Å². The highest BCUT2D eigenvalue weighted by atomic mass is 16.5. The van der Waals surface area contributed by atoms with Crippen LogP contribution in [0.2, 0.25) is 0 Å². The van der Waals surface area contributed by atoms with Crippen LogP contribution in [0.25, 0.3) is 0 Å². The maximum absolute atomic E-state index is 12.2. The van der Waals surface area contributed by atoms with E-state index in [1.807, 2.05) is 23.1 Å². The largest absolute Gasteiger partial charge is 0.384 e. The second-order valence-corrected chi connectivity index (χ2v) is 5.29. The molecule has 1 atom stereocenters. The topological polar surface area (TPSA) is 29.5 Å². The number of aryl methyl sites for hydroxylation is 1. The summed E-state index contributed by atoms with van der Waals surface area (Å²) >= 11 is 0. The lowest BCUT2D eigenvalue weighted by molar-refractivity contribution is -0.133. The van der Waals surface area contributed by atoms with Crippen LogP contribution in [-0.4, -0.2) is 37.6 Å². The number of piperidine rings is 1. The summed E-state index contributed by atoms with van der Waals surface area (Å²) in [6, 6.07) is 10.2. The van der Waals surface area contributed by atoms with Gasteiger partial charge in [-0.15, -0.1) is 0 Å². The molecule has 19 heavy (non-hydrogen) atoms. The molecule has 1 aliphatic heterocycles. The fourth-order valence-electron chi connectivity index (χ4n) is 2.72. The van der Waals surface area contributed by atoms with Gasteiger partial charge in [0.15, 0.2) is 0 Å². The minimum absolute atomic E-state index is 0.282. The molecule has 0 saturated carbocycles. The summed E-state index contributed by atoms with van der Waals surface area (Å²) in [5, 5.41) is 0. The zero-order valence-electron chi connectivity index (χ0n) is 11.7. The molecule has 104 valence electrons. The van der Waals surface area contributed by atoms with Crippen molar-refractivity contribution in [2.24, 2.45) is 5.92 Å². The first kappa shape index (κ1) is 14.1. The predicted octanol–water partition coefficient (Wildman–Crippen LogP) is 2.50. The molecule has 1 aromatic carbocycles. The number of amides is 1. The molecule has 0 spiro atoms. The van der Waals surface area contributed by atoms with Crippen molar-refractivity contribution in [3.05, 3.63) is 35.9 Å². The minimum Gasteiger partial charge on any atom is -0.384 e. The first-order valence-electron chi connectivity index (χ1n) is 7.10. The summed E-state index contributed by atoms with van der Waals surface area (Å²) in [5.74, 6) is 0.795. The Kier molecular flexibility index (Phi) is 5.40. The van der Waals surface area contributed by atoms with E-state index in [4.69, 9.17) is 4.74 Å². The van der Waals surface area contributed by atoms with E-state index in [-0.39, 0.29) is 5.91 Å². The Morgan fingerprint density at radius 2 is 2.16 bits per heavy atom. The highest BCUT2D eigenvalue weighted by molar-refractivity contribution is 5.76. The standard InChI is InChI=1S/C16H23NO2/c1-19-13-15-8-5-11-17(12-15)16(18)10-9-14-6-3-2-4-7-14/h2-4,6-7,15H,5,8-13H2,1H3. The summed E-state index contributed by atoms with van der Waals surface area (Å²) in [6.45, 7) is 2.54. The Morgan fingerprint density at radius 3 is 2.89 bits per heavy atom. The first-order valence-corrected chi connectivity index (χ1v) is 7.10. The molecule has 3 nitrogen and oxygen atoms in total. The number of ether oxygens (including phenoxy) is 1. The number of likely N-dealkylation sites (tertiary alicyclic amines) is 1. The third kappa shape index (κ3) is 4.35. The Balaban J connectivity index is 1.79. The fourth-order valence-corrected chi connectivity index (χ4v) is 2.72. The number of benzene rings is 1. The number of hydrogen-bond acceptors (Lipinski definition) is 2. The lowest BCUT2D eigenvalue weighted by atomic mass is 9.98. The summed E-state index contributed by atoms with van der Waals surface area (Å²) in [4.78, 5) is 14.2. The first-order chi connectivity index (χ1) is 9.29. The second kappa shape index (κ2) is 7.29. The maximum atomic E-state index is 12.2. The number of carbonyl (C=O) groups excluding carboxylic acids is 1. The summed E-state index contributed by atoms with van der Waals surface area (Å²) < 4.78 is 5.20. The summed E-state index contributed by atoms with van der Waals surface area (Å²) in [5.41, 5.74) is 1.24. The molecule has 1 unspecified atom stereocenters. The summed E-state index contributed by atoms with van der Waals surface area (Å²) in [6.07, 6.45) is 3.73. The third-order valence-electron chi connectivity index (χ3n) is 3.74. The van der Waals surface area contributed by atoms with Crippen LogP contribution in [0.4, 0.5) is 0 Å². The van der Waals surface area contributed by atoms with Crippen LogP contribution in [-0.2, 0) is 16.0 Å². The van der Waals surface area contributed by atoms with E-state index in [9.17, 15) is 4.79 Å². The van der Waals surface area contributed by atoms with Crippen molar-refractivity contribution in [1.29, 1.82) is 0 Å². The van der Waals surface area contributed by atoms with Crippen LogP contribution in [0, 0.1) is 5.92 Å². The van der Waals surface area contributed by atoms with E-state index in [2.05, 4.69) is 12.1 Å². The monoisotopic (exact) mass is 261 g/mol. The van der Waals surface area contributed by atoms with Crippen LogP contribution in [0.1, 0.15) is 24.8 Å². The zero-order chi connectivity index (χ0) is 13.5. The molecule has 1 fully saturated rings. The van der Waals surface area contributed by atoms with Crippen LogP contribution in [0.15, 0.2) is 30.3 Å². The SMILES string of the molecule is COCC1CCCN(C(=O)CCc2ccccc2)C1. The van der Waals surface area contributed by atoms with Crippen LogP contribution >= 0.6 is 0 Å². The minimum atomic E-state index is 0.282. The molecule has 1 amide bonds. The third-order valence-corrected chi connectivity index (χ3v) is 3.74. The lowest BCUT2D eigenvalue weighted by Crippen LogP contribution is -2.41. The van der Waals surface area contributed by atoms with Crippen molar-refractivity contribution < 1.29 is 9.53 Å². The van der Waals surface area contributed by atoms with Gasteiger partial charge in [0.1, 0.15) is 0 Å². The number of nitrogens with zero attached hydrogens (tertiary/aromatic N) is 1. The van der Waals surface area contributed by atoms with Gasteiger partial charge in [0.05, 0.1) is 6.61 Å². The average molecular weight is 261 g/mol. The Bertz CT molecular complexity index is 389. The Labute approximate surface area is 115 Å². The number of hydrogen-bond donors (Lipinski definition) is 0. The van der Waals surface area contributed by atoms with E-state index in [0.29, 0.717) is 12.3 Å². The molecule has 0 N–H and O–H groups in total. The molecule has 0 aliphatic carbocycles. The highest BCUT2D eigenvalue weighted by Gasteiger charge is 2.23. The van der Waals surface area contributed by atoms with E-state index in [1.165, 1.54) is 12.0 Å². The van der Waals surface area contributed by atoms with Crippen LogP contribution in [0.3, 0.4) is 0 Å². The van der Waals surface area contributed by atoms with Crippen molar-refractivity contribution in [3.63, 3.8) is 0 Å². The van der Waals surface area contributed by atoms with Crippen LogP contribution in [0.5, 0.6) is 0 Å². The summed E-state index contributed by atoms with van der Waals surface area (Å²) in [7, 11) is 1.73. The molecule has 0 aromatic heterocycles. The van der Waals surface area contributed by atoms with Gasteiger partial charge in [0, 0.05) is 26.6 Å². The number of carbonyl (C=O) groups is 1. The van der Waals surface area contributed by atoms with Crippen molar-refractivity contribution in [2.75, 3.05) is 26.8 Å². The van der Waals surface area contributed by atoms with Gasteiger partial charge in [-0.2, -0.15) is 0 Å². The van der Waals surface area contributed by atoms with Crippen molar-refractivity contribution >= 4 is 5.91 Å². The predicted molar refractivity (Wildman–Crippen MR) is 75.9 cm³/mol. The number of methoxy groups -OCH3 is 1. The van der Waals surface area contributed by atoms with Gasteiger partial charge in [-0.25, -0.2) is 0 Å². The van der Waals surface area contributed by atoms with Crippen molar-refractivity contribution in [1.82, 2.24) is 4.90 Å². The smallest absolute Gasteiger partial charge is 0.222 e. The van der Waals surface area contributed by atoms with Crippen LogP contribution < -0.4 is 0 Å². The second-order valence-electron chi connectivity index (χ2n) is 5.29. The zero-order valence-corrected chi connectivity index (χ0v) is 11.7. The van der Waals surface area contributed by atoms with Gasteiger partial charge in [-0.3, -0.25) is 4.79 Å². The van der Waals surface area contributed by atoms with Crippen molar-refractivity contribution in [2.45, 2.75) is 25.7 Å². The lowest BCUT2D eigenvalue weighted by Gasteiger charge is -2.32. The normalized spacial score (nSPS) is 19.4. The van der Waals surface area contributed by atoms with Gasteiger partial charge >= 0.3 is 0 Å². The van der Waals surface area contributed by atoms with Gasteiger partial charge in [-0.05, 0) is 30.7 Å². The average Bonchev–Trinajstić information content (AvgIpc) is 2.46. The molecule has 1 aliphatic rings. The molecule has 3 heteroatoms. The van der Waals surface area contributed by atoms with E-state index in [1.54, 1.807) is 7.11 Å². The quantitative estimate of drug-likeness (QED) is 0.815. The molecular formula is C16H23NO2. The van der Waals surface area contributed by atoms with Gasteiger partial charge in [0.2, 0.25) is 5.91 Å². The molecule has 1 aromatic rings. The molecule has 2 rings (SSSR count). The van der Waals surface area contributed by atoms with E-state index < -0.39 is 0 Å². The van der Waals surface area contributed by atoms with Crippen molar-refractivity contribution in [3.8, 4) is 0 Å². The van der Waals surface area contributed by atoms with Gasteiger partial charge < -0.3 is 9.64 Å². The Hall–Kier alpha value is -1.35. The number of rotatable bonds is 5. The highest BCUT2D eigenvalue weighted by Crippen LogP contribution is 2.17. The van der Waals surface area contributed by atoms with E-state index in [0.717, 1.165) is 32.5 Å². The van der Waals surface area contributed by atoms with Gasteiger partial charge in [0.25, 0.3) is 0 Å². The molecule has 1 heterocycles. The van der Waals surface area contributed by atoms with Gasteiger partial charge in [-0.1, -0.05) is 30.3 Å². The molecular weight excluding hydrogens is 238 g/mol. The molecule has 0 bridgehead atoms. The maximum Gasteiger partial charge on any atom is 0.222 e. The molecule has 0 radical (unpaired) electrons. The molecule has 1 saturated heterocycles. The Morgan fingerprint density at radius 1 is 1.37 bits per heavy atom.